The number of rotatable bonds is 2. The summed E-state index contributed by atoms with van der Waals surface area (Å²) in [5, 5.41) is 12.9. The Balaban J connectivity index is 2.51. The van der Waals surface area contributed by atoms with E-state index in [1.165, 1.54) is 10.7 Å². The molecule has 0 unspecified atom stereocenters. The number of amides is 1. The smallest absolute Gasteiger partial charge is 0.269 e. The van der Waals surface area contributed by atoms with Crippen molar-refractivity contribution in [3.63, 3.8) is 0 Å². The Labute approximate surface area is 91.7 Å². The summed E-state index contributed by atoms with van der Waals surface area (Å²) in [7, 11) is 0. The molecule has 0 radical (unpaired) electrons. The van der Waals surface area contributed by atoms with Crippen molar-refractivity contribution < 1.29 is 4.79 Å². The van der Waals surface area contributed by atoms with Crippen molar-refractivity contribution in [2.45, 2.75) is 0 Å². The zero-order valence-electron chi connectivity index (χ0n) is 8.29. The fourth-order valence-electron chi connectivity index (χ4n) is 1.36. The number of aromatic nitrogens is 2. The van der Waals surface area contributed by atoms with E-state index in [1.807, 2.05) is 0 Å². The minimum atomic E-state index is -0.590. The van der Waals surface area contributed by atoms with Crippen LogP contribution in [0.4, 0.5) is 0 Å². The summed E-state index contributed by atoms with van der Waals surface area (Å²) in [4.78, 5) is 10.9. The largest absolute Gasteiger partial charge is 0.364 e. The first-order chi connectivity index (χ1) is 7.72. The number of para-hydroxylation sites is 1. The molecule has 1 aromatic carbocycles. The number of hydrogen-bond acceptors (Lipinski definition) is 3. The van der Waals surface area contributed by atoms with Crippen LogP contribution in [0.3, 0.4) is 0 Å². The molecule has 0 aliphatic rings. The highest BCUT2D eigenvalue weighted by molar-refractivity contribution is 5.90. The van der Waals surface area contributed by atoms with Crippen LogP contribution >= 0.6 is 0 Å². The molecular weight excluding hydrogens is 204 g/mol. The van der Waals surface area contributed by atoms with E-state index in [2.05, 4.69) is 11.2 Å². The number of nitrogens with zero attached hydrogens (tertiary/aromatic N) is 3. The van der Waals surface area contributed by atoms with Crippen LogP contribution in [0, 0.1) is 11.3 Å². The van der Waals surface area contributed by atoms with Gasteiger partial charge in [0, 0.05) is 6.20 Å². The maximum atomic E-state index is 10.9. The fourth-order valence-corrected chi connectivity index (χ4v) is 1.36. The minimum absolute atomic E-state index is 0.174. The highest BCUT2D eigenvalue weighted by atomic mass is 16.1. The van der Waals surface area contributed by atoms with Crippen molar-refractivity contribution in [3.8, 4) is 11.8 Å². The second-order valence-corrected chi connectivity index (χ2v) is 3.14. The number of carbonyl (C=O) groups is 1. The summed E-state index contributed by atoms with van der Waals surface area (Å²) >= 11 is 0. The average molecular weight is 212 g/mol. The van der Waals surface area contributed by atoms with Gasteiger partial charge in [0.05, 0.1) is 11.3 Å². The molecule has 2 N–H and O–H groups in total. The highest BCUT2D eigenvalue weighted by Crippen LogP contribution is 2.12. The second kappa shape index (κ2) is 3.87. The summed E-state index contributed by atoms with van der Waals surface area (Å²) in [5.74, 6) is -0.590. The molecule has 0 spiro atoms. The Hall–Kier alpha value is -2.61. The van der Waals surface area contributed by atoms with Crippen LogP contribution in [0.1, 0.15) is 16.1 Å². The SMILES string of the molecule is N#Cc1ccccc1-n1ccc(C(N)=O)n1. The van der Waals surface area contributed by atoms with Gasteiger partial charge in [-0.15, -0.1) is 0 Å². The zero-order valence-corrected chi connectivity index (χ0v) is 8.29. The van der Waals surface area contributed by atoms with Gasteiger partial charge >= 0.3 is 0 Å². The lowest BCUT2D eigenvalue weighted by Crippen LogP contribution is -2.12. The van der Waals surface area contributed by atoms with E-state index in [9.17, 15) is 4.79 Å². The van der Waals surface area contributed by atoms with E-state index in [1.54, 1.807) is 30.5 Å². The molecule has 0 bridgehead atoms. The number of primary amides is 1. The van der Waals surface area contributed by atoms with Crippen LogP contribution < -0.4 is 5.73 Å². The molecule has 0 saturated carbocycles. The molecule has 0 aliphatic carbocycles. The van der Waals surface area contributed by atoms with Crippen LogP contribution in [-0.2, 0) is 0 Å². The van der Waals surface area contributed by atoms with Gasteiger partial charge in [-0.2, -0.15) is 10.4 Å². The first-order valence-corrected chi connectivity index (χ1v) is 4.57. The van der Waals surface area contributed by atoms with Crippen molar-refractivity contribution in [2.75, 3.05) is 0 Å². The van der Waals surface area contributed by atoms with Crippen molar-refractivity contribution >= 4 is 5.91 Å². The van der Waals surface area contributed by atoms with Crippen LogP contribution in [0.15, 0.2) is 36.5 Å². The molecule has 1 heterocycles. The second-order valence-electron chi connectivity index (χ2n) is 3.14. The monoisotopic (exact) mass is 212 g/mol. The van der Waals surface area contributed by atoms with Crippen LogP contribution in [0.2, 0.25) is 0 Å². The van der Waals surface area contributed by atoms with E-state index >= 15 is 0 Å². The maximum Gasteiger partial charge on any atom is 0.269 e. The van der Waals surface area contributed by atoms with Gasteiger partial charge in [-0.25, -0.2) is 4.68 Å². The number of carbonyl (C=O) groups excluding carboxylic acids is 1. The number of benzene rings is 1. The third-order valence-electron chi connectivity index (χ3n) is 2.11. The molecule has 0 saturated heterocycles. The van der Waals surface area contributed by atoms with Crippen molar-refractivity contribution in [3.05, 3.63) is 47.8 Å². The molecule has 1 amide bonds. The van der Waals surface area contributed by atoms with Gasteiger partial charge in [-0.3, -0.25) is 4.79 Å². The topological polar surface area (TPSA) is 84.7 Å². The highest BCUT2D eigenvalue weighted by Gasteiger charge is 2.08. The van der Waals surface area contributed by atoms with Crippen molar-refractivity contribution in [1.82, 2.24) is 9.78 Å². The van der Waals surface area contributed by atoms with Gasteiger partial charge in [0.15, 0.2) is 0 Å². The molecule has 0 atom stereocenters. The lowest BCUT2D eigenvalue weighted by Gasteiger charge is -2.02. The standard InChI is InChI=1S/C11H8N4O/c12-7-8-3-1-2-4-10(8)15-6-5-9(14-15)11(13)16/h1-6H,(H2,13,16). The van der Waals surface area contributed by atoms with Gasteiger partial charge in [0.25, 0.3) is 5.91 Å². The molecule has 0 aliphatic heterocycles. The van der Waals surface area contributed by atoms with Crippen LogP contribution in [-0.4, -0.2) is 15.7 Å². The fraction of sp³-hybridized carbons (Fsp3) is 0. The van der Waals surface area contributed by atoms with Gasteiger partial charge < -0.3 is 5.73 Å². The third-order valence-corrected chi connectivity index (χ3v) is 2.11. The van der Waals surface area contributed by atoms with Crippen molar-refractivity contribution in [2.24, 2.45) is 5.73 Å². The van der Waals surface area contributed by atoms with E-state index in [0.29, 0.717) is 11.3 Å². The lowest BCUT2D eigenvalue weighted by molar-refractivity contribution is 0.0995. The maximum absolute atomic E-state index is 10.9. The summed E-state index contributed by atoms with van der Waals surface area (Å²) in [5.41, 5.74) is 6.38. The summed E-state index contributed by atoms with van der Waals surface area (Å²) in [6, 6.07) is 10.6. The molecule has 16 heavy (non-hydrogen) atoms. The Morgan fingerprint density at radius 1 is 1.38 bits per heavy atom. The Bertz CT molecular complexity index is 580. The van der Waals surface area contributed by atoms with E-state index in [4.69, 9.17) is 11.0 Å². The predicted octanol–water partition coefficient (Wildman–Crippen LogP) is 0.843. The molecule has 0 fully saturated rings. The third kappa shape index (κ3) is 1.64. The first kappa shape index (κ1) is 9.93. The van der Waals surface area contributed by atoms with Gasteiger partial charge in [0.1, 0.15) is 11.8 Å². The average Bonchev–Trinajstić information content (AvgIpc) is 2.78. The molecule has 78 valence electrons. The van der Waals surface area contributed by atoms with E-state index in [-0.39, 0.29) is 5.69 Å². The molecule has 5 heteroatoms. The first-order valence-electron chi connectivity index (χ1n) is 4.57. The summed E-state index contributed by atoms with van der Waals surface area (Å²) < 4.78 is 1.46. The molecule has 2 aromatic rings. The van der Waals surface area contributed by atoms with Crippen LogP contribution in [0.25, 0.3) is 5.69 Å². The van der Waals surface area contributed by atoms with Gasteiger partial charge in [-0.05, 0) is 18.2 Å². The minimum Gasteiger partial charge on any atom is -0.364 e. The van der Waals surface area contributed by atoms with Gasteiger partial charge in [-0.1, -0.05) is 12.1 Å². The Morgan fingerprint density at radius 2 is 2.12 bits per heavy atom. The molecule has 1 aromatic heterocycles. The zero-order chi connectivity index (χ0) is 11.5. The van der Waals surface area contributed by atoms with E-state index in [0.717, 1.165) is 0 Å². The number of nitriles is 1. The van der Waals surface area contributed by atoms with Crippen molar-refractivity contribution in [1.29, 1.82) is 5.26 Å². The molecule has 5 nitrogen and oxygen atoms in total. The lowest BCUT2D eigenvalue weighted by atomic mass is 10.2. The predicted molar refractivity (Wildman–Crippen MR) is 56.8 cm³/mol. The molecular formula is C11H8N4O. The summed E-state index contributed by atoms with van der Waals surface area (Å²) in [6.45, 7) is 0. The van der Waals surface area contributed by atoms with Crippen LogP contribution in [0.5, 0.6) is 0 Å². The molecule has 2 rings (SSSR count). The van der Waals surface area contributed by atoms with E-state index < -0.39 is 5.91 Å². The normalized spacial score (nSPS) is 9.69. The Kier molecular flexibility index (Phi) is 2.40. The number of nitrogens with two attached hydrogens (primary N) is 1. The quantitative estimate of drug-likeness (QED) is 0.800. The van der Waals surface area contributed by atoms with Gasteiger partial charge in [0.2, 0.25) is 0 Å². The summed E-state index contributed by atoms with van der Waals surface area (Å²) in [6.07, 6.45) is 1.59. The number of hydrogen-bond donors (Lipinski definition) is 1. The Morgan fingerprint density at radius 3 is 2.75 bits per heavy atom.